The van der Waals surface area contributed by atoms with Crippen LogP contribution in [-0.4, -0.2) is 27.1 Å². The average Bonchev–Trinajstić information content (AvgIpc) is 3.44. The second kappa shape index (κ2) is 7.58. The van der Waals surface area contributed by atoms with Crippen molar-refractivity contribution >= 4 is 17.2 Å². The summed E-state index contributed by atoms with van der Waals surface area (Å²) < 4.78 is 1.83. The zero-order valence-electron chi connectivity index (χ0n) is 17.1. The topological polar surface area (TPSA) is 38.1 Å². The lowest BCUT2D eigenvalue weighted by Crippen LogP contribution is -2.37. The van der Waals surface area contributed by atoms with Gasteiger partial charge in [-0.25, -0.2) is 4.68 Å². The van der Waals surface area contributed by atoms with Gasteiger partial charge in [0.05, 0.1) is 10.6 Å². The Hall–Kier alpha value is -3.18. The van der Waals surface area contributed by atoms with Gasteiger partial charge in [-0.05, 0) is 66.1 Å². The van der Waals surface area contributed by atoms with E-state index in [1.807, 2.05) is 39.2 Å². The maximum absolute atomic E-state index is 13.7. The molecule has 1 aliphatic rings. The third kappa shape index (κ3) is 3.35. The van der Waals surface area contributed by atoms with Gasteiger partial charge in [-0.3, -0.25) is 4.79 Å². The highest BCUT2D eigenvalue weighted by atomic mass is 32.1. The molecular weight excluding hydrogens is 390 g/mol. The zero-order valence-corrected chi connectivity index (χ0v) is 17.9. The molecule has 2 aromatic carbocycles. The third-order valence-corrected chi connectivity index (χ3v) is 6.61. The van der Waals surface area contributed by atoms with Gasteiger partial charge in [-0.15, -0.1) is 11.3 Å². The van der Waals surface area contributed by atoms with Gasteiger partial charge in [0, 0.05) is 13.1 Å². The van der Waals surface area contributed by atoms with E-state index >= 15 is 0 Å². The maximum atomic E-state index is 13.7. The normalized spacial score (nSPS) is 13.3. The molecule has 4 nitrogen and oxygen atoms in total. The molecule has 0 saturated carbocycles. The maximum Gasteiger partial charge on any atom is 0.272 e. The first-order valence-corrected chi connectivity index (χ1v) is 11.1. The number of hydrogen-bond acceptors (Lipinski definition) is 3. The van der Waals surface area contributed by atoms with E-state index < -0.39 is 0 Å². The summed E-state index contributed by atoms with van der Waals surface area (Å²) in [6, 6.07) is 20.7. The van der Waals surface area contributed by atoms with Gasteiger partial charge in [-0.2, -0.15) is 5.10 Å². The molecule has 1 amide bonds. The minimum Gasteiger partial charge on any atom is -0.333 e. The van der Waals surface area contributed by atoms with Crippen molar-refractivity contribution < 1.29 is 4.79 Å². The molecule has 0 radical (unpaired) electrons. The number of hydrogen-bond donors (Lipinski definition) is 0. The van der Waals surface area contributed by atoms with Gasteiger partial charge in [-0.1, -0.05) is 42.5 Å². The van der Waals surface area contributed by atoms with Gasteiger partial charge >= 0.3 is 0 Å². The second-order valence-corrected chi connectivity index (χ2v) is 8.79. The van der Waals surface area contributed by atoms with E-state index in [9.17, 15) is 4.79 Å². The molecule has 5 heteroatoms. The summed E-state index contributed by atoms with van der Waals surface area (Å²) >= 11 is 1.64. The number of carbonyl (C=O) groups is 1. The SMILES string of the molecule is Cc1ccc(C)c(-n2nc(-c3cccs3)cc2C(=O)N2CCc3ccccc3C2)c1. The van der Waals surface area contributed by atoms with Crippen LogP contribution in [0.1, 0.15) is 32.7 Å². The molecule has 4 aromatic rings. The number of fused-ring (bicyclic) bond motifs is 1. The van der Waals surface area contributed by atoms with Crippen LogP contribution in [0.2, 0.25) is 0 Å². The number of thiophene rings is 1. The lowest BCUT2D eigenvalue weighted by atomic mass is 10.00. The summed E-state index contributed by atoms with van der Waals surface area (Å²) in [5.74, 6) is 0.0284. The van der Waals surface area contributed by atoms with Crippen LogP contribution in [-0.2, 0) is 13.0 Å². The molecule has 1 aliphatic heterocycles. The number of aryl methyl sites for hydroxylation is 2. The minimum absolute atomic E-state index is 0.0284. The van der Waals surface area contributed by atoms with Gasteiger partial charge < -0.3 is 4.90 Å². The molecule has 0 N–H and O–H groups in total. The van der Waals surface area contributed by atoms with Crippen LogP contribution < -0.4 is 0 Å². The lowest BCUT2D eigenvalue weighted by Gasteiger charge is -2.29. The highest BCUT2D eigenvalue weighted by Crippen LogP contribution is 2.29. The molecule has 0 spiro atoms. The minimum atomic E-state index is 0.0284. The molecule has 30 heavy (non-hydrogen) atoms. The Kier molecular flexibility index (Phi) is 4.75. The quantitative estimate of drug-likeness (QED) is 0.450. The molecule has 0 aliphatic carbocycles. The third-order valence-electron chi connectivity index (χ3n) is 5.71. The smallest absolute Gasteiger partial charge is 0.272 e. The van der Waals surface area contributed by atoms with E-state index in [1.165, 1.54) is 11.1 Å². The van der Waals surface area contributed by atoms with Crippen molar-refractivity contribution in [2.75, 3.05) is 6.54 Å². The van der Waals surface area contributed by atoms with E-state index in [-0.39, 0.29) is 5.91 Å². The van der Waals surface area contributed by atoms with Crippen LogP contribution in [0.3, 0.4) is 0 Å². The largest absolute Gasteiger partial charge is 0.333 e. The molecule has 0 bridgehead atoms. The van der Waals surface area contributed by atoms with Crippen molar-refractivity contribution in [1.29, 1.82) is 0 Å². The molecule has 0 unspecified atom stereocenters. The molecule has 0 saturated heterocycles. The Labute approximate surface area is 180 Å². The van der Waals surface area contributed by atoms with Crippen LogP contribution in [0.25, 0.3) is 16.3 Å². The highest BCUT2D eigenvalue weighted by molar-refractivity contribution is 7.13. The van der Waals surface area contributed by atoms with Gasteiger partial charge in [0.1, 0.15) is 11.4 Å². The van der Waals surface area contributed by atoms with Crippen molar-refractivity contribution in [3.63, 3.8) is 0 Å². The van der Waals surface area contributed by atoms with Crippen molar-refractivity contribution in [1.82, 2.24) is 14.7 Å². The number of benzene rings is 2. The summed E-state index contributed by atoms with van der Waals surface area (Å²) in [6.45, 7) is 5.49. The van der Waals surface area contributed by atoms with Crippen molar-refractivity contribution in [2.24, 2.45) is 0 Å². The predicted octanol–water partition coefficient (Wildman–Crippen LogP) is 5.42. The fraction of sp³-hybridized carbons (Fsp3) is 0.200. The number of nitrogens with zero attached hydrogens (tertiary/aromatic N) is 3. The second-order valence-electron chi connectivity index (χ2n) is 7.84. The highest BCUT2D eigenvalue weighted by Gasteiger charge is 2.26. The van der Waals surface area contributed by atoms with E-state index in [0.29, 0.717) is 12.2 Å². The van der Waals surface area contributed by atoms with Crippen LogP contribution in [0.4, 0.5) is 0 Å². The van der Waals surface area contributed by atoms with Crippen LogP contribution in [0, 0.1) is 13.8 Å². The van der Waals surface area contributed by atoms with Crippen molar-refractivity contribution in [3.05, 3.63) is 94.0 Å². The fourth-order valence-electron chi connectivity index (χ4n) is 4.04. The number of amides is 1. The fourth-order valence-corrected chi connectivity index (χ4v) is 4.72. The molecule has 2 aromatic heterocycles. The van der Waals surface area contributed by atoms with E-state index in [2.05, 4.69) is 50.2 Å². The van der Waals surface area contributed by atoms with Crippen LogP contribution in [0.5, 0.6) is 0 Å². The van der Waals surface area contributed by atoms with Gasteiger partial charge in [0.15, 0.2) is 0 Å². The first-order chi connectivity index (χ1) is 14.6. The van der Waals surface area contributed by atoms with Crippen LogP contribution in [0.15, 0.2) is 66.0 Å². The summed E-state index contributed by atoms with van der Waals surface area (Å²) in [6.07, 6.45) is 0.886. The Balaban J connectivity index is 1.58. The Morgan fingerprint density at radius 3 is 2.63 bits per heavy atom. The number of rotatable bonds is 3. The van der Waals surface area contributed by atoms with Gasteiger partial charge in [0.2, 0.25) is 0 Å². The van der Waals surface area contributed by atoms with Crippen molar-refractivity contribution in [2.45, 2.75) is 26.8 Å². The zero-order chi connectivity index (χ0) is 20.7. The molecule has 0 atom stereocenters. The predicted molar refractivity (Wildman–Crippen MR) is 121 cm³/mol. The van der Waals surface area contributed by atoms with Gasteiger partial charge in [0.25, 0.3) is 5.91 Å². The number of aromatic nitrogens is 2. The monoisotopic (exact) mass is 413 g/mol. The standard InChI is InChI=1S/C25H23N3OS/c1-17-9-10-18(2)22(14-17)28-23(15-21(26-28)24-8-5-13-30-24)25(29)27-12-11-19-6-3-4-7-20(19)16-27/h3-10,13-15H,11-12,16H2,1-2H3. The Morgan fingerprint density at radius 1 is 1.00 bits per heavy atom. The first kappa shape index (κ1) is 18.8. The summed E-state index contributed by atoms with van der Waals surface area (Å²) in [5.41, 5.74) is 7.22. The average molecular weight is 414 g/mol. The summed E-state index contributed by atoms with van der Waals surface area (Å²) in [5, 5.41) is 6.90. The molecule has 3 heterocycles. The van der Waals surface area contributed by atoms with Crippen LogP contribution >= 0.6 is 11.3 Å². The molecular formula is C25H23N3OS. The summed E-state index contributed by atoms with van der Waals surface area (Å²) in [4.78, 5) is 16.7. The first-order valence-electron chi connectivity index (χ1n) is 10.2. The lowest BCUT2D eigenvalue weighted by molar-refractivity contribution is 0.0725. The molecule has 150 valence electrons. The Bertz CT molecular complexity index is 1220. The Morgan fingerprint density at radius 2 is 1.83 bits per heavy atom. The number of carbonyl (C=O) groups excluding carboxylic acids is 1. The van der Waals surface area contributed by atoms with E-state index in [1.54, 1.807) is 11.3 Å². The van der Waals surface area contributed by atoms with E-state index in [0.717, 1.165) is 40.4 Å². The van der Waals surface area contributed by atoms with E-state index in [4.69, 9.17) is 5.10 Å². The molecule has 5 rings (SSSR count). The summed E-state index contributed by atoms with van der Waals surface area (Å²) in [7, 11) is 0. The molecule has 0 fully saturated rings. The van der Waals surface area contributed by atoms with Crippen molar-refractivity contribution in [3.8, 4) is 16.3 Å².